The number of benzene rings is 3. The predicted molar refractivity (Wildman–Crippen MR) is 119 cm³/mol. The number of nitrogens with zero attached hydrogens (tertiary/aromatic N) is 3. The number of hydrogen-bond acceptors (Lipinski definition) is 3. The number of likely N-dealkylation sites (tertiary alicyclic amines) is 1. The van der Waals surface area contributed by atoms with Gasteiger partial charge in [-0.3, -0.25) is 14.5 Å². The molecule has 1 spiro atoms. The molecule has 0 radical (unpaired) electrons. The van der Waals surface area contributed by atoms with Crippen molar-refractivity contribution in [1.29, 1.82) is 0 Å². The lowest BCUT2D eigenvalue weighted by atomic mass is 9.92. The largest absolute Gasteiger partial charge is 0.337 e. The first-order chi connectivity index (χ1) is 14.9. The monoisotopic (exact) mass is 417 g/mol. The number of anilines is 1. The van der Waals surface area contributed by atoms with Gasteiger partial charge in [0.2, 0.25) is 5.91 Å². The molecule has 0 aromatic heterocycles. The normalized spacial score (nSPS) is 21.9. The topological polar surface area (TPSA) is 43.9 Å². The van der Waals surface area contributed by atoms with Gasteiger partial charge < -0.3 is 9.80 Å². The van der Waals surface area contributed by atoms with E-state index < -0.39 is 0 Å². The maximum atomic E-state index is 13.8. The molecule has 6 heteroatoms. The predicted octanol–water partition coefficient (Wildman–Crippen LogP) is 3.54. The molecule has 2 aliphatic heterocycles. The summed E-state index contributed by atoms with van der Waals surface area (Å²) in [6.07, 6.45) is 0.766. The summed E-state index contributed by atoms with van der Waals surface area (Å²) in [7, 11) is 1.94. The fourth-order valence-electron chi connectivity index (χ4n) is 4.81. The fourth-order valence-corrected chi connectivity index (χ4v) is 4.81. The van der Waals surface area contributed by atoms with E-state index in [0.29, 0.717) is 30.9 Å². The van der Waals surface area contributed by atoms with E-state index in [9.17, 15) is 14.0 Å². The second-order valence-electron chi connectivity index (χ2n) is 8.58. The zero-order valence-corrected chi connectivity index (χ0v) is 17.4. The van der Waals surface area contributed by atoms with Crippen molar-refractivity contribution in [3.63, 3.8) is 0 Å². The Morgan fingerprint density at radius 1 is 0.968 bits per heavy atom. The van der Waals surface area contributed by atoms with E-state index in [-0.39, 0.29) is 29.7 Å². The van der Waals surface area contributed by atoms with E-state index in [2.05, 4.69) is 4.90 Å². The highest BCUT2D eigenvalue weighted by molar-refractivity contribution is 5.99. The Balaban J connectivity index is 1.39. The number of rotatable bonds is 2. The Morgan fingerprint density at radius 2 is 1.77 bits per heavy atom. The van der Waals surface area contributed by atoms with Crippen molar-refractivity contribution in [1.82, 2.24) is 9.80 Å². The molecule has 3 aromatic carbocycles. The van der Waals surface area contributed by atoms with Crippen LogP contribution in [0.5, 0.6) is 0 Å². The smallest absolute Gasteiger partial charge is 0.253 e. The highest BCUT2D eigenvalue weighted by atomic mass is 19.1. The summed E-state index contributed by atoms with van der Waals surface area (Å²) in [4.78, 5) is 31.5. The Morgan fingerprint density at radius 3 is 2.58 bits per heavy atom. The molecular formula is C25H24FN3O2. The maximum Gasteiger partial charge on any atom is 0.253 e. The Bertz CT molecular complexity index is 1180. The number of fused-ring (bicyclic) bond motifs is 1. The van der Waals surface area contributed by atoms with Crippen LogP contribution in [0.3, 0.4) is 0 Å². The second kappa shape index (κ2) is 7.46. The van der Waals surface area contributed by atoms with Crippen molar-refractivity contribution in [2.45, 2.75) is 12.0 Å². The third-order valence-electron chi connectivity index (χ3n) is 6.67. The van der Waals surface area contributed by atoms with E-state index >= 15 is 0 Å². The van der Waals surface area contributed by atoms with Gasteiger partial charge in [0.1, 0.15) is 5.82 Å². The van der Waals surface area contributed by atoms with Gasteiger partial charge in [0.15, 0.2) is 0 Å². The van der Waals surface area contributed by atoms with Gasteiger partial charge in [-0.15, -0.1) is 0 Å². The van der Waals surface area contributed by atoms with E-state index in [4.69, 9.17) is 0 Å². The molecule has 2 amide bonds. The minimum Gasteiger partial charge on any atom is -0.337 e. The van der Waals surface area contributed by atoms with Crippen LogP contribution in [0.1, 0.15) is 16.8 Å². The summed E-state index contributed by atoms with van der Waals surface area (Å²) >= 11 is 0. The van der Waals surface area contributed by atoms with Crippen molar-refractivity contribution in [2.75, 3.05) is 38.1 Å². The van der Waals surface area contributed by atoms with Gasteiger partial charge in [-0.05, 0) is 54.6 Å². The van der Waals surface area contributed by atoms with E-state index in [0.717, 1.165) is 17.2 Å². The van der Waals surface area contributed by atoms with E-state index in [1.807, 2.05) is 54.4 Å². The van der Waals surface area contributed by atoms with Crippen LogP contribution in [-0.4, -0.2) is 60.4 Å². The zero-order chi connectivity index (χ0) is 21.6. The lowest BCUT2D eigenvalue weighted by molar-refractivity contribution is -0.123. The summed E-state index contributed by atoms with van der Waals surface area (Å²) in [5.41, 5.74) is 0.899. The SMILES string of the molecule is CN1CC(=O)N(c2cccc(F)c2)CC12CCN(C(=O)c1ccc3ccccc3c1)C2. The average molecular weight is 417 g/mol. The minimum atomic E-state index is -0.363. The van der Waals surface area contributed by atoms with Crippen LogP contribution in [0.2, 0.25) is 0 Å². The molecule has 3 aromatic rings. The van der Waals surface area contributed by atoms with Crippen LogP contribution in [0.4, 0.5) is 10.1 Å². The van der Waals surface area contributed by atoms with Crippen molar-refractivity contribution in [2.24, 2.45) is 0 Å². The van der Waals surface area contributed by atoms with Gasteiger partial charge in [-0.2, -0.15) is 0 Å². The molecular weight excluding hydrogens is 393 g/mol. The fraction of sp³-hybridized carbons (Fsp3) is 0.280. The van der Waals surface area contributed by atoms with Gasteiger partial charge in [-0.1, -0.05) is 36.4 Å². The first-order valence-corrected chi connectivity index (χ1v) is 10.5. The Labute approximate surface area is 180 Å². The summed E-state index contributed by atoms with van der Waals surface area (Å²) in [6, 6.07) is 19.9. The second-order valence-corrected chi connectivity index (χ2v) is 8.58. The van der Waals surface area contributed by atoms with Gasteiger partial charge in [0, 0.05) is 30.9 Å². The van der Waals surface area contributed by atoms with Crippen molar-refractivity contribution in [3.8, 4) is 0 Å². The summed E-state index contributed by atoms with van der Waals surface area (Å²) in [6.45, 7) is 1.84. The van der Waals surface area contributed by atoms with Crippen LogP contribution in [-0.2, 0) is 4.79 Å². The zero-order valence-electron chi connectivity index (χ0n) is 17.4. The molecule has 2 heterocycles. The van der Waals surface area contributed by atoms with Crippen LogP contribution in [0, 0.1) is 5.82 Å². The molecule has 1 unspecified atom stereocenters. The maximum absolute atomic E-state index is 13.8. The van der Waals surface area contributed by atoms with Crippen LogP contribution < -0.4 is 4.90 Å². The molecule has 0 N–H and O–H groups in total. The van der Waals surface area contributed by atoms with Gasteiger partial charge in [-0.25, -0.2) is 4.39 Å². The summed E-state index contributed by atoms with van der Waals surface area (Å²) in [5.74, 6) is -0.416. The van der Waals surface area contributed by atoms with Gasteiger partial charge in [0.25, 0.3) is 5.91 Å². The number of likely N-dealkylation sites (N-methyl/N-ethyl adjacent to an activating group) is 1. The van der Waals surface area contributed by atoms with Crippen molar-refractivity contribution in [3.05, 3.63) is 78.1 Å². The first-order valence-electron chi connectivity index (χ1n) is 10.5. The number of piperazine rings is 1. The third kappa shape index (κ3) is 3.47. The van der Waals surface area contributed by atoms with Crippen LogP contribution in [0.15, 0.2) is 66.7 Å². The van der Waals surface area contributed by atoms with E-state index in [1.54, 1.807) is 17.0 Å². The molecule has 5 rings (SSSR count). The molecule has 158 valence electrons. The minimum absolute atomic E-state index is 0.00485. The number of halogens is 1. The quantitative estimate of drug-likeness (QED) is 0.641. The third-order valence-corrected chi connectivity index (χ3v) is 6.67. The number of amides is 2. The molecule has 1 atom stereocenters. The molecule has 2 fully saturated rings. The van der Waals surface area contributed by atoms with Crippen LogP contribution >= 0.6 is 0 Å². The molecule has 2 aliphatic rings. The Kier molecular flexibility index (Phi) is 4.74. The number of carbonyl (C=O) groups is 2. The van der Waals surface area contributed by atoms with Crippen molar-refractivity contribution >= 4 is 28.3 Å². The molecule has 0 bridgehead atoms. The molecule has 0 saturated carbocycles. The molecule has 5 nitrogen and oxygen atoms in total. The summed E-state index contributed by atoms with van der Waals surface area (Å²) < 4.78 is 13.8. The average Bonchev–Trinajstić information content (AvgIpc) is 3.21. The Hall–Kier alpha value is -3.25. The van der Waals surface area contributed by atoms with E-state index in [1.165, 1.54) is 12.1 Å². The molecule has 0 aliphatic carbocycles. The standard InChI is InChI=1S/C25H24FN3O2/c1-27-15-23(30)29(22-8-4-7-21(26)14-22)17-25(27)11-12-28(16-25)24(31)20-10-9-18-5-2-3-6-19(18)13-20/h2-10,13-14H,11-12,15-17H2,1H3. The number of carbonyl (C=O) groups excluding carboxylic acids is 2. The number of hydrogen-bond donors (Lipinski definition) is 0. The van der Waals surface area contributed by atoms with Crippen LogP contribution in [0.25, 0.3) is 10.8 Å². The summed E-state index contributed by atoms with van der Waals surface area (Å²) in [5, 5.41) is 2.15. The lowest BCUT2D eigenvalue weighted by Gasteiger charge is -2.46. The van der Waals surface area contributed by atoms with Gasteiger partial charge >= 0.3 is 0 Å². The lowest BCUT2D eigenvalue weighted by Crippen LogP contribution is -2.64. The van der Waals surface area contributed by atoms with Crippen molar-refractivity contribution < 1.29 is 14.0 Å². The molecule has 2 saturated heterocycles. The molecule has 31 heavy (non-hydrogen) atoms. The highest BCUT2D eigenvalue weighted by Gasteiger charge is 2.48. The first kappa shape index (κ1) is 19.7. The van der Waals surface area contributed by atoms with Gasteiger partial charge in [0.05, 0.1) is 12.1 Å². The highest BCUT2D eigenvalue weighted by Crippen LogP contribution is 2.34.